The van der Waals surface area contributed by atoms with Crippen LogP contribution in [0, 0.1) is 0 Å². The molecule has 0 atom stereocenters. The Morgan fingerprint density at radius 1 is 0.552 bits per heavy atom. The van der Waals surface area contributed by atoms with Gasteiger partial charge in [-0.1, -0.05) is 0 Å². The number of carbonyl (C=O) groups is 1. The van der Waals surface area contributed by atoms with Crippen molar-refractivity contribution in [2.24, 2.45) is 0 Å². The van der Waals surface area contributed by atoms with Gasteiger partial charge in [0.2, 0.25) is 0 Å². The van der Waals surface area contributed by atoms with E-state index < -0.39 is 5.31 Å². The first-order valence-electron chi connectivity index (χ1n) is 9.61. The molecule has 0 amide bonds. The zero-order valence-corrected chi connectivity index (χ0v) is 18.5. The van der Waals surface area contributed by atoms with Crippen molar-refractivity contribution in [2.75, 3.05) is 6.16 Å². The van der Waals surface area contributed by atoms with Crippen molar-refractivity contribution in [1.82, 2.24) is 0 Å². The van der Waals surface area contributed by atoms with E-state index in [1.54, 1.807) is 0 Å². The molecular formula is C26H22BrOP. The minimum absolute atomic E-state index is 0.136. The Balaban J connectivity index is 2.03. The molecule has 4 aromatic carbocycles. The van der Waals surface area contributed by atoms with Crippen LogP contribution in [0.4, 0.5) is 0 Å². The second kappa shape index (κ2) is 8.06. The summed E-state index contributed by atoms with van der Waals surface area (Å²) >= 11 is 4.33. The standard InChI is InChI=1S/C26H22BrOP/c27-29(23-15-7-2-8-16-23,24-17-9-3-10-18-24,25-19-11-4-12-20-25)21-26(28)22-13-5-1-6-14-22/h1-20H,21H2. The molecule has 0 heterocycles. The van der Waals surface area contributed by atoms with E-state index >= 15 is 0 Å². The number of Topliss-reactive ketones (excluding diaryl/α,β-unsaturated/α-hetero) is 1. The van der Waals surface area contributed by atoms with Crippen molar-refractivity contribution in [3.05, 3.63) is 127 Å². The summed E-state index contributed by atoms with van der Waals surface area (Å²) in [6, 6.07) is 40.8. The van der Waals surface area contributed by atoms with Crippen molar-refractivity contribution in [2.45, 2.75) is 0 Å². The van der Waals surface area contributed by atoms with Crippen LogP contribution in [0.15, 0.2) is 121 Å². The molecule has 0 bridgehead atoms. The fourth-order valence-electron chi connectivity index (χ4n) is 3.92. The maximum absolute atomic E-state index is 13.6. The van der Waals surface area contributed by atoms with Gasteiger partial charge < -0.3 is 0 Å². The first-order valence-corrected chi connectivity index (χ1v) is 14.0. The molecule has 0 aromatic heterocycles. The van der Waals surface area contributed by atoms with Crippen LogP contribution in [-0.4, -0.2) is 11.9 Å². The van der Waals surface area contributed by atoms with Gasteiger partial charge in [0.25, 0.3) is 0 Å². The second-order valence-electron chi connectivity index (χ2n) is 7.14. The number of hydrogen-bond acceptors (Lipinski definition) is 1. The third kappa shape index (κ3) is 3.48. The Labute approximate surface area is 180 Å². The van der Waals surface area contributed by atoms with Crippen LogP contribution in [-0.2, 0) is 0 Å². The summed E-state index contributed by atoms with van der Waals surface area (Å²) in [5.41, 5.74) is 0.740. The Morgan fingerprint density at radius 2 is 0.862 bits per heavy atom. The van der Waals surface area contributed by atoms with Gasteiger partial charge >= 0.3 is 180 Å². The zero-order chi connectivity index (χ0) is 20.2. The molecule has 0 saturated carbocycles. The Kier molecular flexibility index (Phi) is 5.50. The molecule has 0 N–H and O–H groups in total. The van der Waals surface area contributed by atoms with Crippen molar-refractivity contribution in [3.8, 4) is 0 Å². The van der Waals surface area contributed by atoms with E-state index in [2.05, 4.69) is 88.3 Å². The summed E-state index contributed by atoms with van der Waals surface area (Å²) < 4.78 is 0. The minimum atomic E-state index is -3.22. The first kappa shape index (κ1) is 19.8. The molecule has 0 aliphatic heterocycles. The second-order valence-corrected chi connectivity index (χ2v) is 16.1. The van der Waals surface area contributed by atoms with E-state index in [9.17, 15) is 4.79 Å². The summed E-state index contributed by atoms with van der Waals surface area (Å²) in [5, 5.41) is 0.236. The molecule has 1 nitrogen and oxygen atoms in total. The van der Waals surface area contributed by atoms with E-state index in [0.717, 1.165) is 21.5 Å². The van der Waals surface area contributed by atoms with Gasteiger partial charge in [0.1, 0.15) is 0 Å². The Bertz CT molecular complexity index is 997. The topological polar surface area (TPSA) is 17.1 Å². The molecule has 0 radical (unpaired) electrons. The van der Waals surface area contributed by atoms with Crippen molar-refractivity contribution >= 4 is 42.5 Å². The van der Waals surface area contributed by atoms with Crippen molar-refractivity contribution in [3.63, 3.8) is 0 Å². The molecule has 0 saturated heterocycles. The fourth-order valence-corrected chi connectivity index (χ4v) is 11.3. The predicted molar refractivity (Wildman–Crippen MR) is 130 cm³/mol. The number of benzene rings is 4. The van der Waals surface area contributed by atoms with Crippen LogP contribution in [0.25, 0.3) is 0 Å². The van der Waals surface area contributed by atoms with Crippen LogP contribution in [0.5, 0.6) is 0 Å². The molecule has 29 heavy (non-hydrogen) atoms. The van der Waals surface area contributed by atoms with E-state index in [1.165, 1.54) is 0 Å². The quantitative estimate of drug-likeness (QED) is 0.266. The number of carbonyl (C=O) groups excluding carboxylic acids is 1. The normalized spacial score (nSPS) is 12.7. The molecular weight excluding hydrogens is 439 g/mol. The van der Waals surface area contributed by atoms with Gasteiger partial charge in [0, 0.05) is 0 Å². The van der Waals surface area contributed by atoms with Gasteiger partial charge in [-0.15, -0.1) is 0 Å². The van der Waals surface area contributed by atoms with Gasteiger partial charge in [0.15, 0.2) is 0 Å². The zero-order valence-electron chi connectivity index (χ0n) is 16.0. The molecule has 4 aromatic rings. The molecule has 0 aliphatic rings. The molecule has 0 unspecified atom stereocenters. The number of rotatable bonds is 6. The third-order valence-electron chi connectivity index (χ3n) is 5.42. The molecule has 4 rings (SSSR count). The van der Waals surface area contributed by atoms with Crippen LogP contribution >= 0.6 is 20.8 Å². The van der Waals surface area contributed by atoms with E-state index in [1.807, 2.05) is 48.5 Å². The molecule has 0 aliphatic carbocycles. The maximum atomic E-state index is 13.6. The average molecular weight is 461 g/mol. The average Bonchev–Trinajstić information content (AvgIpc) is 2.81. The van der Waals surface area contributed by atoms with Gasteiger partial charge in [-0.25, -0.2) is 0 Å². The Morgan fingerprint density at radius 3 is 1.21 bits per heavy atom. The predicted octanol–water partition coefficient (Wildman–Crippen LogP) is 5.71. The van der Waals surface area contributed by atoms with Gasteiger partial charge in [0.05, 0.1) is 0 Å². The number of hydrogen-bond donors (Lipinski definition) is 0. The monoisotopic (exact) mass is 460 g/mol. The number of halogens is 1. The van der Waals surface area contributed by atoms with Crippen LogP contribution < -0.4 is 15.9 Å². The van der Waals surface area contributed by atoms with E-state index in [-0.39, 0.29) is 5.78 Å². The van der Waals surface area contributed by atoms with Gasteiger partial charge in [-0.05, 0) is 0 Å². The van der Waals surface area contributed by atoms with E-state index in [4.69, 9.17) is 0 Å². The van der Waals surface area contributed by atoms with Crippen LogP contribution in [0.2, 0.25) is 0 Å². The van der Waals surface area contributed by atoms with Gasteiger partial charge in [-0.2, -0.15) is 0 Å². The van der Waals surface area contributed by atoms with Crippen LogP contribution in [0.3, 0.4) is 0 Å². The van der Waals surface area contributed by atoms with Gasteiger partial charge in [-0.3, -0.25) is 0 Å². The fraction of sp³-hybridized carbons (Fsp3) is 0.0385. The summed E-state index contributed by atoms with van der Waals surface area (Å²) in [6.45, 7) is 0. The summed E-state index contributed by atoms with van der Waals surface area (Å²) in [7, 11) is 0. The molecule has 0 spiro atoms. The third-order valence-corrected chi connectivity index (χ3v) is 14.9. The molecule has 3 heteroatoms. The molecule has 0 fully saturated rings. The SMILES string of the molecule is O=C(CP(Br)(c1ccccc1)(c1ccccc1)c1ccccc1)c1ccccc1. The number of ketones is 1. The van der Waals surface area contributed by atoms with E-state index in [0.29, 0.717) is 6.16 Å². The van der Waals surface area contributed by atoms with Crippen molar-refractivity contribution in [1.29, 1.82) is 0 Å². The van der Waals surface area contributed by atoms with Crippen LogP contribution in [0.1, 0.15) is 10.4 Å². The molecule has 144 valence electrons. The summed E-state index contributed by atoms with van der Waals surface area (Å²) in [5.74, 6) is 0.136. The Hall–Kier alpha value is -2.54. The van der Waals surface area contributed by atoms with Crippen molar-refractivity contribution < 1.29 is 4.79 Å². The summed E-state index contributed by atoms with van der Waals surface area (Å²) in [4.78, 5) is 13.6. The first-order chi connectivity index (χ1) is 14.1. The summed E-state index contributed by atoms with van der Waals surface area (Å²) in [6.07, 6.45) is 0.383.